The maximum atomic E-state index is 14.5. The first-order chi connectivity index (χ1) is 22.3. The van der Waals surface area contributed by atoms with Gasteiger partial charge in [0, 0.05) is 28.7 Å². The molecular formula is C37H34BrN3O4S. The molecule has 6 rings (SSSR count). The fourth-order valence-electron chi connectivity index (χ4n) is 5.93. The summed E-state index contributed by atoms with van der Waals surface area (Å²) in [5, 5.41) is 1.89. The zero-order chi connectivity index (χ0) is 32.4. The Morgan fingerprint density at radius 1 is 1.00 bits per heavy atom. The van der Waals surface area contributed by atoms with E-state index in [0.717, 1.165) is 31.9 Å². The number of carbonyl (C=O) groups excluding carboxylic acids is 1. The summed E-state index contributed by atoms with van der Waals surface area (Å²) in [5.41, 5.74) is 3.36. The molecule has 0 saturated heterocycles. The second kappa shape index (κ2) is 13.5. The number of ether oxygens (including phenoxy) is 2. The molecule has 0 fully saturated rings. The van der Waals surface area contributed by atoms with Crippen molar-refractivity contribution in [3.8, 4) is 11.5 Å². The lowest BCUT2D eigenvalue weighted by Crippen LogP contribution is -2.43. The molecule has 5 aromatic rings. The van der Waals surface area contributed by atoms with Gasteiger partial charge >= 0.3 is 0 Å². The van der Waals surface area contributed by atoms with Crippen molar-refractivity contribution < 1.29 is 14.3 Å². The van der Waals surface area contributed by atoms with Gasteiger partial charge in [0.15, 0.2) is 4.80 Å². The number of rotatable bonds is 9. The maximum absolute atomic E-state index is 14.5. The summed E-state index contributed by atoms with van der Waals surface area (Å²) in [4.78, 5) is 35.9. The standard InChI is InChI=1S/C37H34BrN3O4S/c1-5-40(6-2)36(43)32-23(3)39-37-41(34(32)33-28-15-11-10-14-25(28)16-18-30(33)44-4)35(42)31(46-37)21-26-20-27(38)17-19-29(26)45-22-24-12-8-7-9-13-24/h7-21,34H,5-6,22H2,1-4H3/b31-21+/t34-/m0/s1. The number of methoxy groups -OCH3 is 1. The molecule has 0 bridgehead atoms. The van der Waals surface area contributed by atoms with Crippen molar-refractivity contribution in [3.63, 3.8) is 0 Å². The van der Waals surface area contributed by atoms with Crippen molar-refractivity contribution in [2.24, 2.45) is 4.99 Å². The van der Waals surface area contributed by atoms with Crippen molar-refractivity contribution in [3.05, 3.63) is 137 Å². The Labute approximate surface area is 279 Å². The molecule has 2 heterocycles. The number of hydrogen-bond acceptors (Lipinski definition) is 6. The van der Waals surface area contributed by atoms with Gasteiger partial charge in [0.1, 0.15) is 24.1 Å². The first-order valence-electron chi connectivity index (χ1n) is 15.2. The third-order valence-corrected chi connectivity index (χ3v) is 9.70. The second-order valence-corrected chi connectivity index (χ2v) is 12.8. The van der Waals surface area contributed by atoms with E-state index in [1.165, 1.54) is 11.3 Å². The van der Waals surface area contributed by atoms with E-state index in [9.17, 15) is 9.59 Å². The molecule has 9 heteroatoms. The van der Waals surface area contributed by atoms with Crippen LogP contribution in [0.2, 0.25) is 0 Å². The molecule has 0 saturated carbocycles. The van der Waals surface area contributed by atoms with Gasteiger partial charge in [-0.2, -0.15) is 0 Å². The van der Waals surface area contributed by atoms with Crippen LogP contribution in [0, 0.1) is 0 Å². The molecule has 0 unspecified atom stereocenters. The Kier molecular flexibility index (Phi) is 9.24. The van der Waals surface area contributed by atoms with E-state index in [2.05, 4.69) is 15.9 Å². The average Bonchev–Trinajstić information content (AvgIpc) is 3.37. The van der Waals surface area contributed by atoms with E-state index in [0.29, 0.717) is 51.8 Å². The number of amides is 1. The van der Waals surface area contributed by atoms with Gasteiger partial charge in [-0.25, -0.2) is 4.99 Å². The molecule has 0 radical (unpaired) electrons. The summed E-state index contributed by atoms with van der Waals surface area (Å²) in [6, 6.07) is 26.8. The number of allylic oxidation sites excluding steroid dienone is 1. The van der Waals surface area contributed by atoms with Crippen LogP contribution in [0.3, 0.4) is 0 Å². The van der Waals surface area contributed by atoms with Crippen LogP contribution in [0.4, 0.5) is 0 Å². The molecule has 1 aliphatic rings. The highest BCUT2D eigenvalue weighted by molar-refractivity contribution is 9.10. The van der Waals surface area contributed by atoms with Crippen molar-refractivity contribution >= 4 is 50.0 Å². The highest BCUT2D eigenvalue weighted by Crippen LogP contribution is 2.40. The Bertz CT molecular complexity index is 2150. The quantitative estimate of drug-likeness (QED) is 0.174. The Morgan fingerprint density at radius 2 is 1.72 bits per heavy atom. The fraction of sp³-hybridized carbons (Fsp3) is 0.216. The first-order valence-corrected chi connectivity index (χ1v) is 16.8. The SMILES string of the molecule is CCN(CC)C(=O)C1=C(C)N=c2s/c(=C/c3cc(Br)ccc3OCc3ccccc3)c(=O)n2[C@@H]1c1c(OC)ccc2ccccc12. The molecule has 0 spiro atoms. The molecule has 0 aliphatic carbocycles. The lowest BCUT2D eigenvalue weighted by Gasteiger charge is -2.30. The van der Waals surface area contributed by atoms with Gasteiger partial charge in [-0.3, -0.25) is 14.2 Å². The minimum Gasteiger partial charge on any atom is -0.496 e. The van der Waals surface area contributed by atoms with Gasteiger partial charge in [-0.1, -0.05) is 87.9 Å². The van der Waals surface area contributed by atoms with Crippen LogP contribution >= 0.6 is 27.3 Å². The second-order valence-electron chi connectivity index (χ2n) is 10.9. The zero-order valence-electron chi connectivity index (χ0n) is 26.1. The van der Waals surface area contributed by atoms with Crippen molar-refractivity contribution in [2.75, 3.05) is 20.2 Å². The van der Waals surface area contributed by atoms with Crippen LogP contribution in [-0.4, -0.2) is 35.6 Å². The number of aromatic nitrogens is 1. The third-order valence-electron chi connectivity index (χ3n) is 8.22. The van der Waals surface area contributed by atoms with Crippen LogP contribution in [0.1, 0.15) is 43.5 Å². The number of hydrogen-bond donors (Lipinski definition) is 0. The molecule has 1 aliphatic heterocycles. The fourth-order valence-corrected chi connectivity index (χ4v) is 7.34. The minimum atomic E-state index is -0.746. The largest absolute Gasteiger partial charge is 0.496 e. The van der Waals surface area contributed by atoms with E-state index >= 15 is 0 Å². The van der Waals surface area contributed by atoms with Gasteiger partial charge in [-0.15, -0.1) is 0 Å². The van der Waals surface area contributed by atoms with E-state index in [4.69, 9.17) is 14.5 Å². The van der Waals surface area contributed by atoms with E-state index in [-0.39, 0.29) is 11.5 Å². The number of halogens is 1. The van der Waals surface area contributed by atoms with Crippen LogP contribution < -0.4 is 24.4 Å². The van der Waals surface area contributed by atoms with Gasteiger partial charge < -0.3 is 14.4 Å². The molecule has 4 aromatic carbocycles. The normalized spacial score (nSPS) is 14.6. The van der Waals surface area contributed by atoms with E-state index in [1.54, 1.807) is 16.6 Å². The number of nitrogens with zero attached hydrogens (tertiary/aromatic N) is 3. The van der Waals surface area contributed by atoms with Gasteiger partial charge in [0.05, 0.1) is 22.9 Å². The van der Waals surface area contributed by atoms with Gasteiger partial charge in [0.2, 0.25) is 0 Å². The smallest absolute Gasteiger partial charge is 0.271 e. The Morgan fingerprint density at radius 3 is 2.46 bits per heavy atom. The summed E-state index contributed by atoms with van der Waals surface area (Å²) in [5.74, 6) is 1.10. The molecule has 1 aromatic heterocycles. The van der Waals surface area contributed by atoms with Crippen molar-refractivity contribution in [1.82, 2.24) is 9.47 Å². The first kappa shape index (κ1) is 31.5. The predicted octanol–water partition coefficient (Wildman–Crippen LogP) is 6.61. The summed E-state index contributed by atoms with van der Waals surface area (Å²) >= 11 is 4.88. The molecule has 1 atom stereocenters. The number of thiazole rings is 1. The van der Waals surface area contributed by atoms with Crippen LogP contribution in [0.15, 0.2) is 110 Å². The topological polar surface area (TPSA) is 73.1 Å². The lowest BCUT2D eigenvalue weighted by atomic mass is 9.90. The monoisotopic (exact) mass is 695 g/mol. The Hall–Kier alpha value is -4.47. The number of carbonyl (C=O) groups is 1. The van der Waals surface area contributed by atoms with Crippen LogP contribution in [0.5, 0.6) is 11.5 Å². The third kappa shape index (κ3) is 5.92. The zero-order valence-corrected chi connectivity index (χ0v) is 28.5. The van der Waals surface area contributed by atoms with Crippen molar-refractivity contribution in [2.45, 2.75) is 33.4 Å². The molecular weight excluding hydrogens is 662 g/mol. The summed E-state index contributed by atoms with van der Waals surface area (Å²) in [6.45, 7) is 7.21. The van der Waals surface area contributed by atoms with Crippen LogP contribution in [0.25, 0.3) is 16.8 Å². The summed E-state index contributed by atoms with van der Waals surface area (Å²) < 4.78 is 15.1. The highest BCUT2D eigenvalue weighted by atomic mass is 79.9. The highest BCUT2D eigenvalue weighted by Gasteiger charge is 2.36. The number of benzene rings is 4. The Balaban J connectivity index is 1.57. The van der Waals surface area contributed by atoms with Gasteiger partial charge in [0.25, 0.3) is 11.5 Å². The van der Waals surface area contributed by atoms with Gasteiger partial charge in [-0.05, 0) is 67.4 Å². The van der Waals surface area contributed by atoms with Crippen LogP contribution in [-0.2, 0) is 11.4 Å². The lowest BCUT2D eigenvalue weighted by molar-refractivity contribution is -0.127. The average molecular weight is 697 g/mol. The molecule has 46 heavy (non-hydrogen) atoms. The molecule has 234 valence electrons. The van der Waals surface area contributed by atoms with Crippen molar-refractivity contribution in [1.29, 1.82) is 0 Å². The minimum absolute atomic E-state index is 0.149. The molecule has 1 amide bonds. The van der Waals surface area contributed by atoms with E-state index < -0.39 is 6.04 Å². The molecule has 7 nitrogen and oxygen atoms in total. The number of fused-ring (bicyclic) bond motifs is 2. The summed E-state index contributed by atoms with van der Waals surface area (Å²) in [6.07, 6.45) is 1.84. The summed E-state index contributed by atoms with van der Waals surface area (Å²) in [7, 11) is 1.62. The van der Waals surface area contributed by atoms with E-state index in [1.807, 2.05) is 112 Å². The predicted molar refractivity (Wildman–Crippen MR) is 187 cm³/mol. The molecule has 0 N–H and O–H groups in total. The maximum Gasteiger partial charge on any atom is 0.271 e. The number of likely N-dealkylation sites (N-methyl/N-ethyl adjacent to an activating group) is 1.